The molecule has 129 heavy (non-hydrogen) atoms. The van der Waals surface area contributed by atoms with Crippen LogP contribution in [0.1, 0.15) is 275 Å². The Bertz CT molecular complexity index is 5090. The van der Waals surface area contributed by atoms with Crippen molar-refractivity contribution in [2.45, 2.75) is 248 Å². The van der Waals surface area contributed by atoms with Crippen molar-refractivity contribution in [3.63, 3.8) is 0 Å². The molecule has 1 aromatic heterocycles. The zero-order chi connectivity index (χ0) is 99.4. The average molecular weight is 1870 g/mol. The number of ether oxygens (including phenoxy) is 1. The summed E-state index contributed by atoms with van der Waals surface area (Å²) in [6.07, 6.45) is -42.6. The second kappa shape index (κ2) is 46.1. The van der Waals surface area contributed by atoms with Crippen LogP contribution in [0.15, 0.2) is 200 Å². The highest BCUT2D eigenvalue weighted by atomic mass is 19.4. The molecule has 0 aliphatic carbocycles. The molecule has 0 spiro atoms. The van der Waals surface area contributed by atoms with E-state index in [-0.39, 0.29) is 70.2 Å². The molecule has 0 atom stereocenters. The fraction of sp³-hybridized carbons (Fsp3) is 0.392. The van der Waals surface area contributed by atoms with E-state index < -0.39 is 118 Å². The molecule has 0 radical (unpaired) electrons. The lowest BCUT2D eigenvalue weighted by atomic mass is 9.88. The van der Waals surface area contributed by atoms with E-state index >= 15 is 0 Å². The van der Waals surface area contributed by atoms with Gasteiger partial charge in [0.2, 0.25) is 0 Å². The third-order valence-electron chi connectivity index (χ3n) is 19.1. The second-order valence-electron chi connectivity index (χ2n) is 32.5. The Morgan fingerprint density at radius 2 is 0.527 bits per heavy atom. The van der Waals surface area contributed by atoms with Crippen LogP contribution in [-0.2, 0) is 55.6 Å². The lowest BCUT2D eigenvalue weighted by Gasteiger charge is -2.20. The number of hydrogen-bond acceptors (Lipinski definition) is 2. The summed E-state index contributed by atoms with van der Waals surface area (Å²) in [5, 5.41) is 0. The Labute approximate surface area is 731 Å². The van der Waals surface area contributed by atoms with E-state index in [9.17, 15) is 132 Å². The van der Waals surface area contributed by atoms with Gasteiger partial charge in [0.1, 0.15) is 5.75 Å². The summed E-state index contributed by atoms with van der Waals surface area (Å²) in [5.74, 6) is 0.426. The van der Waals surface area contributed by atoms with Crippen LogP contribution in [0.5, 0.6) is 5.75 Å². The summed E-state index contributed by atoms with van der Waals surface area (Å²) in [4.78, 5) is 3.93. The molecule has 10 rings (SSSR count). The van der Waals surface area contributed by atoms with Crippen LogP contribution in [0, 0.1) is 27.7 Å². The zero-order valence-corrected chi connectivity index (χ0v) is 73.9. The van der Waals surface area contributed by atoms with Gasteiger partial charge in [0.25, 0.3) is 0 Å². The number of aromatic nitrogens is 1. The van der Waals surface area contributed by atoms with E-state index in [0.29, 0.717) is 57.3 Å². The normalized spacial score (nSPS) is 12.4. The van der Waals surface area contributed by atoms with Crippen molar-refractivity contribution in [2.75, 3.05) is 0 Å². The predicted octanol–water partition coefficient (Wildman–Crippen LogP) is 36.5. The predicted molar refractivity (Wildman–Crippen MR) is 444 cm³/mol. The molecule has 0 saturated carbocycles. The van der Waals surface area contributed by atoms with Crippen molar-refractivity contribution in [2.24, 2.45) is 0 Å². The first-order valence-corrected chi connectivity index (χ1v) is 39.9. The van der Waals surface area contributed by atoms with Crippen LogP contribution < -0.4 is 4.74 Å². The standard InChI is InChI=1S/2C18H16F6.C11H10F6.2C11H13F3.C10H11F3O.C10H11F3.C8H11N/c1-10(2)15-8-11(3)4-6-13(15)14-7-5-12(17(19,20)21)9-16(14)18(22,23)24;1-10(2)16-6-11(3)4-5-15(16)12-7-13(17(19,20)21)9-14(8-12)18(22,23)24;1-6(2)8-4-3-7(10(12,13)14)5-9(8)11(15,16)17;1-7(2)9-4-8(3)5-10(6-9)11(12,13)14;1-7(2)9-6-8(3)4-5-10(9)11(12,13)14;1-7(2)8-3-5-9(6-4-8)14-10(11,12)13;1-7(2)8-3-5-9(6-4-8)10(11,12)13;1-7(2)8-3-5-9-6-4-8/h2*4-10H,1-3H3;3-6H,1-2H3;2*4-7H,1-3H3;3-7H,1-2H3;3-7H,1-2H3;3-7H,1-2H3. The van der Waals surface area contributed by atoms with Gasteiger partial charge in [-0.25, -0.2) is 0 Å². The van der Waals surface area contributed by atoms with Crippen molar-refractivity contribution in [1.29, 1.82) is 0 Å². The molecule has 1 heterocycles. The number of nitrogens with zero attached hydrogens (tertiary/aromatic N) is 1. The highest BCUT2D eigenvalue weighted by molar-refractivity contribution is 5.73. The highest BCUT2D eigenvalue weighted by Crippen LogP contribution is 2.47. The smallest absolute Gasteiger partial charge is 0.406 e. The van der Waals surface area contributed by atoms with Crippen LogP contribution in [0.3, 0.4) is 0 Å². The molecule has 0 fully saturated rings. The molecule has 0 aliphatic heterocycles. The molecule has 0 amide bonds. The number of pyridine rings is 1. The van der Waals surface area contributed by atoms with Gasteiger partial charge in [0.05, 0.1) is 50.1 Å². The second-order valence-corrected chi connectivity index (χ2v) is 32.5. The quantitative estimate of drug-likeness (QED) is 0.120. The number of alkyl halides is 30. The van der Waals surface area contributed by atoms with Crippen molar-refractivity contribution in [1.82, 2.24) is 4.98 Å². The Morgan fingerprint density at radius 1 is 0.209 bits per heavy atom. The Morgan fingerprint density at radius 3 is 0.884 bits per heavy atom. The maximum Gasteiger partial charge on any atom is 0.573 e. The fourth-order valence-electron chi connectivity index (χ4n) is 12.2. The molecule has 710 valence electrons. The molecule has 32 heteroatoms. The zero-order valence-electron chi connectivity index (χ0n) is 73.9. The number of aryl methyl sites for hydroxylation is 4. The van der Waals surface area contributed by atoms with E-state index in [1.54, 1.807) is 82.3 Å². The minimum absolute atomic E-state index is 0.0382. The van der Waals surface area contributed by atoms with Gasteiger partial charge in [0, 0.05) is 12.4 Å². The lowest BCUT2D eigenvalue weighted by molar-refractivity contribution is -0.274. The SMILES string of the molecule is CC(C)c1ccc(C(F)(F)F)cc1.CC(C)c1ccc(C(F)(F)F)cc1C(F)(F)F.CC(C)c1ccc(OC(F)(F)F)cc1.CC(C)c1ccncc1.Cc1cc(C(C)C)cc(C(F)(F)F)c1.Cc1ccc(-c2cc(C(F)(F)F)cc(C(F)(F)F)c2)c(C(C)C)c1.Cc1ccc(-c2ccc(C(F)(F)F)cc2C(F)(F)F)c(C(C)C)c1.Cc1ccc(C(F)(F)F)c(C(C)C)c1. The maximum absolute atomic E-state index is 13.3. The van der Waals surface area contributed by atoms with E-state index in [1.165, 1.54) is 67.9 Å². The molecule has 2 nitrogen and oxygen atoms in total. The topological polar surface area (TPSA) is 22.1 Å². The van der Waals surface area contributed by atoms with Crippen molar-refractivity contribution in [3.05, 3.63) is 317 Å². The van der Waals surface area contributed by atoms with Crippen LogP contribution in [-0.4, -0.2) is 11.3 Å². The van der Waals surface area contributed by atoms with E-state index in [2.05, 4.69) is 23.6 Å². The van der Waals surface area contributed by atoms with Crippen LogP contribution in [0.4, 0.5) is 132 Å². The average Bonchev–Trinajstić information content (AvgIpc) is 0.771. The van der Waals surface area contributed by atoms with E-state index in [1.807, 2.05) is 108 Å². The van der Waals surface area contributed by atoms with Gasteiger partial charge >= 0.3 is 61.9 Å². The third-order valence-corrected chi connectivity index (χ3v) is 19.1. The molecular weight excluding hydrogens is 1770 g/mol. The number of benzene rings is 9. The van der Waals surface area contributed by atoms with Gasteiger partial charge in [-0.3, -0.25) is 4.98 Å². The largest absolute Gasteiger partial charge is 0.573 e. The molecule has 0 unspecified atom stereocenters. The summed E-state index contributed by atoms with van der Waals surface area (Å²) in [6.45, 7) is 36.9. The maximum atomic E-state index is 13.3. The van der Waals surface area contributed by atoms with Gasteiger partial charge in [-0.1, -0.05) is 224 Å². The molecule has 9 aromatic carbocycles. The van der Waals surface area contributed by atoms with Gasteiger partial charge in [-0.05, 0) is 239 Å². The summed E-state index contributed by atoms with van der Waals surface area (Å²) >= 11 is 0. The fourth-order valence-corrected chi connectivity index (χ4v) is 12.2. The minimum atomic E-state index is -4.88. The summed E-state index contributed by atoms with van der Waals surface area (Å²) in [6, 6.07) is 38.9. The van der Waals surface area contributed by atoms with Gasteiger partial charge in [-0.15, -0.1) is 13.2 Å². The van der Waals surface area contributed by atoms with E-state index in [0.717, 1.165) is 75.8 Å². The first-order valence-electron chi connectivity index (χ1n) is 39.9. The van der Waals surface area contributed by atoms with Crippen molar-refractivity contribution >= 4 is 0 Å². The summed E-state index contributed by atoms with van der Waals surface area (Å²) < 4.78 is 382. The molecule has 0 N–H and O–H groups in total. The number of rotatable bonds is 11. The molecule has 0 aliphatic rings. The molecule has 0 saturated heterocycles. The van der Waals surface area contributed by atoms with Gasteiger partial charge in [0.15, 0.2) is 0 Å². The van der Waals surface area contributed by atoms with Crippen molar-refractivity contribution < 1.29 is 136 Å². The van der Waals surface area contributed by atoms with Gasteiger partial charge in [-0.2, -0.15) is 119 Å². The summed E-state index contributed by atoms with van der Waals surface area (Å²) in [7, 11) is 0. The van der Waals surface area contributed by atoms with E-state index in [4.69, 9.17) is 0 Å². The molecule has 10 aromatic rings. The first-order chi connectivity index (χ1) is 58.6. The first kappa shape index (κ1) is 113. The van der Waals surface area contributed by atoms with Crippen molar-refractivity contribution in [3.8, 4) is 28.0 Å². The molecule has 0 bridgehead atoms. The Hall–Kier alpha value is -10.2. The number of hydrogen-bond donors (Lipinski definition) is 0. The monoisotopic (exact) mass is 1870 g/mol. The van der Waals surface area contributed by atoms with Crippen LogP contribution in [0.25, 0.3) is 22.3 Å². The van der Waals surface area contributed by atoms with Gasteiger partial charge < -0.3 is 4.74 Å². The Kier molecular flexibility index (Phi) is 40.4. The van der Waals surface area contributed by atoms with Crippen LogP contribution in [0.2, 0.25) is 0 Å². The lowest BCUT2D eigenvalue weighted by Crippen LogP contribution is -2.17. The van der Waals surface area contributed by atoms with Crippen LogP contribution >= 0.6 is 0 Å². The number of halogens is 30. The molecular formula is C97H101F30NO. The third kappa shape index (κ3) is 37.3. The minimum Gasteiger partial charge on any atom is -0.406 e. The highest BCUT2D eigenvalue weighted by Gasteiger charge is 2.43. The Balaban J connectivity index is 0.000000387. The summed E-state index contributed by atoms with van der Waals surface area (Å²) in [5.41, 5.74) is -0.0825.